The zero-order chi connectivity index (χ0) is 10.8. The number of halogens is 2. The number of ether oxygens (including phenoxy) is 1. The first kappa shape index (κ1) is 10.9. The first-order chi connectivity index (χ1) is 6.50. The highest BCUT2D eigenvalue weighted by atomic mass is 19.3. The fraction of sp³-hybridized carbons (Fsp3) is 0.400. The summed E-state index contributed by atoms with van der Waals surface area (Å²) in [5.74, 6) is 0.387. The largest absolute Gasteiger partial charge is 0.496 e. The molecule has 14 heavy (non-hydrogen) atoms. The van der Waals surface area contributed by atoms with Gasteiger partial charge in [-0.05, 0) is 13.0 Å². The predicted molar refractivity (Wildman–Crippen MR) is 50.5 cm³/mol. The van der Waals surface area contributed by atoms with Crippen LogP contribution in [-0.4, -0.2) is 13.5 Å². The van der Waals surface area contributed by atoms with E-state index >= 15 is 0 Å². The van der Waals surface area contributed by atoms with E-state index in [4.69, 9.17) is 10.5 Å². The molecule has 1 atom stereocenters. The SMILES string of the molecule is COc1ccccc1C(C)(N)C(F)F. The summed E-state index contributed by atoms with van der Waals surface area (Å²) in [5, 5.41) is 0. The molecule has 0 fully saturated rings. The highest BCUT2D eigenvalue weighted by Crippen LogP contribution is 2.31. The topological polar surface area (TPSA) is 35.2 Å². The Kier molecular flexibility index (Phi) is 3.06. The minimum atomic E-state index is -2.63. The highest BCUT2D eigenvalue weighted by Gasteiger charge is 2.34. The van der Waals surface area contributed by atoms with Gasteiger partial charge in [-0.2, -0.15) is 0 Å². The minimum absolute atomic E-state index is 0.317. The van der Waals surface area contributed by atoms with Crippen molar-refractivity contribution in [3.8, 4) is 5.75 Å². The second-order valence-corrected chi connectivity index (χ2v) is 3.28. The van der Waals surface area contributed by atoms with Crippen LogP contribution in [-0.2, 0) is 5.54 Å². The molecule has 1 unspecified atom stereocenters. The lowest BCUT2D eigenvalue weighted by Gasteiger charge is -2.25. The number of methoxy groups -OCH3 is 1. The van der Waals surface area contributed by atoms with Gasteiger partial charge in [0.1, 0.15) is 11.3 Å². The summed E-state index contributed by atoms with van der Waals surface area (Å²) in [4.78, 5) is 0. The lowest BCUT2D eigenvalue weighted by Crippen LogP contribution is -2.40. The molecule has 0 aliphatic carbocycles. The summed E-state index contributed by atoms with van der Waals surface area (Å²) in [5.41, 5.74) is 4.17. The third kappa shape index (κ3) is 1.85. The van der Waals surface area contributed by atoms with Crippen LogP contribution >= 0.6 is 0 Å². The maximum atomic E-state index is 12.6. The molecular weight excluding hydrogens is 188 g/mol. The maximum absolute atomic E-state index is 12.6. The molecule has 0 amide bonds. The highest BCUT2D eigenvalue weighted by molar-refractivity contribution is 5.38. The minimum Gasteiger partial charge on any atom is -0.496 e. The zero-order valence-corrected chi connectivity index (χ0v) is 8.13. The van der Waals surface area contributed by atoms with Gasteiger partial charge in [0.25, 0.3) is 6.43 Å². The van der Waals surface area contributed by atoms with E-state index in [0.29, 0.717) is 11.3 Å². The molecule has 0 heterocycles. The molecule has 1 aromatic carbocycles. The Labute approximate surface area is 81.7 Å². The van der Waals surface area contributed by atoms with Gasteiger partial charge in [-0.3, -0.25) is 0 Å². The Hall–Kier alpha value is -1.16. The third-order valence-corrected chi connectivity index (χ3v) is 2.14. The summed E-state index contributed by atoms with van der Waals surface area (Å²) >= 11 is 0. The molecule has 0 radical (unpaired) electrons. The molecule has 0 bridgehead atoms. The lowest BCUT2D eigenvalue weighted by molar-refractivity contribution is 0.0611. The van der Waals surface area contributed by atoms with Gasteiger partial charge in [0, 0.05) is 5.56 Å². The second-order valence-electron chi connectivity index (χ2n) is 3.28. The van der Waals surface area contributed by atoms with Crippen molar-refractivity contribution in [2.45, 2.75) is 18.9 Å². The van der Waals surface area contributed by atoms with Gasteiger partial charge in [0.05, 0.1) is 7.11 Å². The Bertz CT molecular complexity index is 313. The number of alkyl halides is 2. The van der Waals surface area contributed by atoms with Crippen LogP contribution in [0.25, 0.3) is 0 Å². The van der Waals surface area contributed by atoms with Gasteiger partial charge in [-0.25, -0.2) is 8.78 Å². The van der Waals surface area contributed by atoms with E-state index < -0.39 is 12.0 Å². The first-order valence-electron chi connectivity index (χ1n) is 4.20. The molecule has 0 saturated heterocycles. The molecule has 1 rings (SSSR count). The van der Waals surface area contributed by atoms with Gasteiger partial charge in [-0.1, -0.05) is 18.2 Å². The van der Waals surface area contributed by atoms with Crippen molar-refractivity contribution < 1.29 is 13.5 Å². The monoisotopic (exact) mass is 201 g/mol. The molecular formula is C10H13F2NO. The summed E-state index contributed by atoms with van der Waals surface area (Å²) in [6, 6.07) is 6.53. The van der Waals surface area contributed by atoms with E-state index in [-0.39, 0.29) is 0 Å². The Morgan fingerprint density at radius 3 is 2.43 bits per heavy atom. The molecule has 0 aromatic heterocycles. The van der Waals surface area contributed by atoms with Crippen molar-refractivity contribution in [3.05, 3.63) is 29.8 Å². The van der Waals surface area contributed by atoms with Gasteiger partial charge in [-0.15, -0.1) is 0 Å². The molecule has 1 aromatic rings. The van der Waals surface area contributed by atoms with Crippen molar-refractivity contribution in [3.63, 3.8) is 0 Å². The van der Waals surface area contributed by atoms with Gasteiger partial charge >= 0.3 is 0 Å². The third-order valence-electron chi connectivity index (χ3n) is 2.14. The van der Waals surface area contributed by atoms with Gasteiger partial charge in [0.2, 0.25) is 0 Å². The standard InChI is InChI=1S/C10H13F2NO/c1-10(13,9(11)12)7-5-3-4-6-8(7)14-2/h3-6,9H,13H2,1-2H3. The van der Waals surface area contributed by atoms with Crippen LogP contribution in [0.15, 0.2) is 24.3 Å². The van der Waals surface area contributed by atoms with E-state index in [9.17, 15) is 8.78 Å². The number of hydrogen-bond acceptors (Lipinski definition) is 2. The molecule has 0 saturated carbocycles. The van der Waals surface area contributed by atoms with Crippen molar-refractivity contribution in [2.75, 3.05) is 7.11 Å². The summed E-state index contributed by atoms with van der Waals surface area (Å²) in [7, 11) is 1.43. The van der Waals surface area contributed by atoms with E-state index in [1.165, 1.54) is 14.0 Å². The fourth-order valence-corrected chi connectivity index (χ4v) is 1.21. The molecule has 78 valence electrons. The predicted octanol–water partition coefficient (Wildman–Crippen LogP) is 2.13. The lowest BCUT2D eigenvalue weighted by atomic mass is 9.93. The normalized spacial score (nSPS) is 15.3. The zero-order valence-electron chi connectivity index (χ0n) is 8.13. The molecule has 2 nitrogen and oxygen atoms in total. The van der Waals surface area contributed by atoms with Crippen LogP contribution in [0.1, 0.15) is 12.5 Å². The van der Waals surface area contributed by atoms with Gasteiger partial charge in [0.15, 0.2) is 0 Å². The van der Waals surface area contributed by atoms with Crippen molar-refractivity contribution in [2.24, 2.45) is 5.73 Å². The fourth-order valence-electron chi connectivity index (χ4n) is 1.21. The average Bonchev–Trinajstić information content (AvgIpc) is 2.17. The van der Waals surface area contributed by atoms with Crippen molar-refractivity contribution in [1.82, 2.24) is 0 Å². The van der Waals surface area contributed by atoms with E-state index in [1.54, 1.807) is 24.3 Å². The number of para-hydroxylation sites is 1. The van der Waals surface area contributed by atoms with Crippen LogP contribution < -0.4 is 10.5 Å². The number of hydrogen-bond donors (Lipinski definition) is 1. The van der Waals surface area contributed by atoms with Crippen LogP contribution in [0.3, 0.4) is 0 Å². The van der Waals surface area contributed by atoms with E-state index in [1.807, 2.05) is 0 Å². The van der Waals surface area contributed by atoms with Crippen molar-refractivity contribution in [1.29, 1.82) is 0 Å². The molecule has 2 N–H and O–H groups in total. The van der Waals surface area contributed by atoms with E-state index in [2.05, 4.69) is 0 Å². The number of benzene rings is 1. The summed E-state index contributed by atoms with van der Waals surface area (Å²) in [6.07, 6.45) is -2.63. The smallest absolute Gasteiger partial charge is 0.260 e. The molecule has 0 aliphatic heterocycles. The number of nitrogens with two attached hydrogens (primary N) is 1. The van der Waals surface area contributed by atoms with Gasteiger partial charge < -0.3 is 10.5 Å². The Morgan fingerprint density at radius 2 is 1.93 bits per heavy atom. The average molecular weight is 201 g/mol. The van der Waals surface area contributed by atoms with Crippen molar-refractivity contribution >= 4 is 0 Å². The van der Waals surface area contributed by atoms with Crippen LogP contribution in [0, 0.1) is 0 Å². The quantitative estimate of drug-likeness (QED) is 0.813. The summed E-state index contributed by atoms with van der Waals surface area (Å²) in [6.45, 7) is 1.29. The Balaban J connectivity index is 3.17. The summed E-state index contributed by atoms with van der Waals surface area (Å²) < 4.78 is 30.2. The Morgan fingerprint density at radius 1 is 1.36 bits per heavy atom. The molecule has 0 spiro atoms. The first-order valence-corrected chi connectivity index (χ1v) is 4.20. The van der Waals surface area contributed by atoms with Crippen LogP contribution in [0.2, 0.25) is 0 Å². The number of rotatable bonds is 3. The van der Waals surface area contributed by atoms with Crippen LogP contribution in [0.4, 0.5) is 8.78 Å². The second kappa shape index (κ2) is 3.92. The van der Waals surface area contributed by atoms with E-state index in [0.717, 1.165) is 0 Å². The van der Waals surface area contributed by atoms with Crippen LogP contribution in [0.5, 0.6) is 5.75 Å². The molecule has 0 aliphatic rings. The molecule has 4 heteroatoms. The maximum Gasteiger partial charge on any atom is 0.260 e.